The highest BCUT2D eigenvalue weighted by molar-refractivity contribution is 7.07. The van der Waals surface area contributed by atoms with Crippen molar-refractivity contribution in [3.8, 4) is 0 Å². The topological polar surface area (TPSA) is 38.1 Å². The van der Waals surface area contributed by atoms with Gasteiger partial charge in [0.25, 0.3) is 0 Å². The van der Waals surface area contributed by atoms with Gasteiger partial charge >= 0.3 is 0 Å². The van der Waals surface area contributed by atoms with Crippen LogP contribution in [0.3, 0.4) is 0 Å². The van der Waals surface area contributed by atoms with E-state index in [1.165, 1.54) is 6.42 Å². The Kier molecular flexibility index (Phi) is 4.70. The zero-order chi connectivity index (χ0) is 14.5. The van der Waals surface area contributed by atoms with Crippen molar-refractivity contribution < 1.29 is 4.79 Å². The van der Waals surface area contributed by atoms with Crippen LogP contribution in [-0.4, -0.2) is 33.2 Å². The van der Waals surface area contributed by atoms with Crippen LogP contribution < -0.4 is 0 Å². The van der Waals surface area contributed by atoms with Gasteiger partial charge < -0.3 is 4.90 Å². The van der Waals surface area contributed by atoms with Crippen LogP contribution in [0.15, 0.2) is 35.3 Å². The van der Waals surface area contributed by atoms with E-state index in [0.29, 0.717) is 12.5 Å². The lowest BCUT2D eigenvalue weighted by atomic mass is 9.98. The number of hydrogen-bond acceptors (Lipinski definition) is 3. The van der Waals surface area contributed by atoms with Gasteiger partial charge in [-0.3, -0.25) is 9.48 Å². The number of likely N-dealkylation sites (tertiary alicyclic amines) is 1. The van der Waals surface area contributed by atoms with E-state index in [1.54, 1.807) is 17.5 Å². The lowest BCUT2D eigenvalue weighted by molar-refractivity contribution is -0.134. The molecule has 1 amide bonds. The molecule has 0 unspecified atom stereocenters. The van der Waals surface area contributed by atoms with Crippen molar-refractivity contribution in [1.82, 2.24) is 14.7 Å². The number of nitrogens with zero attached hydrogens (tertiary/aromatic N) is 3. The van der Waals surface area contributed by atoms with Gasteiger partial charge in [0.2, 0.25) is 5.91 Å². The minimum atomic E-state index is 0.276. The predicted molar refractivity (Wildman–Crippen MR) is 84.2 cm³/mol. The molecule has 0 aromatic carbocycles. The molecule has 0 radical (unpaired) electrons. The largest absolute Gasteiger partial charge is 0.339 e. The first-order chi connectivity index (χ1) is 10.3. The van der Waals surface area contributed by atoms with Crippen molar-refractivity contribution in [1.29, 1.82) is 0 Å². The number of amides is 1. The fraction of sp³-hybridized carbons (Fsp3) is 0.500. The van der Waals surface area contributed by atoms with Crippen LogP contribution in [0.1, 0.15) is 31.2 Å². The highest BCUT2D eigenvalue weighted by atomic mass is 32.1. The van der Waals surface area contributed by atoms with Crippen LogP contribution in [0.2, 0.25) is 0 Å². The minimum Gasteiger partial charge on any atom is -0.339 e. The summed E-state index contributed by atoms with van der Waals surface area (Å²) in [5, 5.41) is 8.35. The number of hydrogen-bond donors (Lipinski definition) is 0. The summed E-state index contributed by atoms with van der Waals surface area (Å²) in [5.74, 6) is 0.276. The Morgan fingerprint density at radius 2 is 2.38 bits per heavy atom. The maximum Gasteiger partial charge on any atom is 0.227 e. The summed E-state index contributed by atoms with van der Waals surface area (Å²) in [4.78, 5) is 14.6. The second-order valence-electron chi connectivity index (χ2n) is 5.60. The second kappa shape index (κ2) is 6.89. The molecule has 4 nitrogen and oxygen atoms in total. The Labute approximate surface area is 129 Å². The van der Waals surface area contributed by atoms with Crippen molar-refractivity contribution in [2.45, 2.75) is 44.7 Å². The van der Waals surface area contributed by atoms with Gasteiger partial charge in [0, 0.05) is 31.5 Å². The Morgan fingerprint density at radius 3 is 3.14 bits per heavy atom. The fourth-order valence-electron chi connectivity index (χ4n) is 3.01. The fourth-order valence-corrected chi connectivity index (χ4v) is 3.68. The molecule has 1 atom stereocenters. The van der Waals surface area contributed by atoms with Gasteiger partial charge in [-0.05, 0) is 54.1 Å². The number of rotatable bonds is 5. The molecule has 1 saturated heterocycles. The zero-order valence-electron chi connectivity index (χ0n) is 12.1. The van der Waals surface area contributed by atoms with E-state index < -0.39 is 0 Å². The Morgan fingerprint density at radius 1 is 1.43 bits per heavy atom. The molecular formula is C16H21N3OS. The van der Waals surface area contributed by atoms with Gasteiger partial charge in [-0.25, -0.2) is 0 Å². The number of carbonyl (C=O) groups is 1. The average molecular weight is 303 g/mol. The van der Waals surface area contributed by atoms with E-state index in [2.05, 4.69) is 15.4 Å². The minimum absolute atomic E-state index is 0.276. The summed E-state index contributed by atoms with van der Waals surface area (Å²) in [6.45, 7) is 1.80. The van der Waals surface area contributed by atoms with Crippen LogP contribution in [0.25, 0.3) is 0 Å². The van der Waals surface area contributed by atoms with E-state index in [9.17, 15) is 4.79 Å². The van der Waals surface area contributed by atoms with E-state index in [4.69, 9.17) is 0 Å². The van der Waals surface area contributed by atoms with Crippen LogP contribution in [-0.2, 0) is 17.8 Å². The van der Waals surface area contributed by atoms with E-state index in [-0.39, 0.29) is 5.91 Å². The molecule has 21 heavy (non-hydrogen) atoms. The first kappa shape index (κ1) is 14.3. The maximum absolute atomic E-state index is 12.5. The summed E-state index contributed by atoms with van der Waals surface area (Å²) < 4.78 is 1.95. The molecule has 5 heteroatoms. The number of carbonyl (C=O) groups excluding carboxylic acids is 1. The lowest BCUT2D eigenvalue weighted by Crippen LogP contribution is -2.44. The Balaban J connectivity index is 1.59. The van der Waals surface area contributed by atoms with Crippen molar-refractivity contribution in [2.24, 2.45) is 0 Å². The summed E-state index contributed by atoms with van der Waals surface area (Å²) >= 11 is 1.66. The van der Waals surface area contributed by atoms with Crippen LogP contribution >= 0.6 is 11.3 Å². The molecule has 0 saturated carbocycles. The molecule has 0 bridgehead atoms. The molecule has 2 aromatic heterocycles. The van der Waals surface area contributed by atoms with E-state index >= 15 is 0 Å². The smallest absolute Gasteiger partial charge is 0.227 e. The van der Waals surface area contributed by atoms with Crippen LogP contribution in [0.5, 0.6) is 0 Å². The van der Waals surface area contributed by atoms with Gasteiger partial charge in [-0.1, -0.05) is 0 Å². The zero-order valence-corrected chi connectivity index (χ0v) is 13.0. The van der Waals surface area contributed by atoms with Gasteiger partial charge in [-0.15, -0.1) is 0 Å². The molecular weight excluding hydrogens is 282 g/mol. The molecule has 3 rings (SSSR count). The molecule has 0 N–H and O–H groups in total. The number of piperidine rings is 1. The third-order valence-corrected chi connectivity index (χ3v) is 4.87. The molecule has 1 fully saturated rings. The van der Waals surface area contributed by atoms with Crippen LogP contribution in [0, 0.1) is 0 Å². The Bertz CT molecular complexity index is 550. The second-order valence-corrected chi connectivity index (χ2v) is 6.38. The van der Waals surface area contributed by atoms with Gasteiger partial charge in [0.15, 0.2) is 0 Å². The summed E-state index contributed by atoms with van der Waals surface area (Å²) in [5.41, 5.74) is 1.14. The van der Waals surface area contributed by atoms with Crippen LogP contribution in [0.4, 0.5) is 0 Å². The number of aryl methyl sites for hydroxylation is 1. The quantitative estimate of drug-likeness (QED) is 0.851. The molecule has 1 aliphatic rings. The van der Waals surface area contributed by atoms with Crippen molar-refractivity contribution in [3.63, 3.8) is 0 Å². The third-order valence-electron chi connectivity index (χ3n) is 4.13. The molecule has 2 aromatic rings. The molecule has 3 heterocycles. The highest BCUT2D eigenvalue weighted by Gasteiger charge is 2.26. The summed E-state index contributed by atoms with van der Waals surface area (Å²) in [6, 6.07) is 4.36. The molecule has 0 aliphatic carbocycles. The summed E-state index contributed by atoms with van der Waals surface area (Å²) in [7, 11) is 0. The first-order valence-electron chi connectivity index (χ1n) is 7.61. The SMILES string of the molecule is O=C(Cc1ccsc1)N1CCCC[C@@H]1CCn1cccn1. The van der Waals surface area contributed by atoms with Crippen molar-refractivity contribution >= 4 is 17.2 Å². The number of aromatic nitrogens is 2. The van der Waals surface area contributed by atoms with Gasteiger partial charge in [-0.2, -0.15) is 16.4 Å². The van der Waals surface area contributed by atoms with E-state index in [1.807, 2.05) is 28.4 Å². The van der Waals surface area contributed by atoms with Gasteiger partial charge in [0.1, 0.15) is 0 Å². The Hall–Kier alpha value is -1.62. The van der Waals surface area contributed by atoms with Gasteiger partial charge in [0.05, 0.1) is 6.42 Å². The lowest BCUT2D eigenvalue weighted by Gasteiger charge is -2.36. The molecule has 1 aliphatic heterocycles. The van der Waals surface area contributed by atoms with Crippen molar-refractivity contribution in [2.75, 3.05) is 6.54 Å². The maximum atomic E-state index is 12.5. The predicted octanol–water partition coefficient (Wildman–Crippen LogP) is 2.96. The standard InChI is InChI=1S/C16H21N3OS/c20-16(12-14-6-11-21-13-14)19-9-2-1-4-15(19)5-10-18-8-3-7-17-18/h3,6-8,11,13,15H,1-2,4-5,9-10,12H2/t15-/m1/s1. The third kappa shape index (κ3) is 3.73. The molecule has 112 valence electrons. The normalized spacial score (nSPS) is 18.9. The molecule has 0 spiro atoms. The number of thiophene rings is 1. The monoisotopic (exact) mass is 303 g/mol. The highest BCUT2D eigenvalue weighted by Crippen LogP contribution is 2.21. The average Bonchev–Trinajstić information content (AvgIpc) is 3.18. The van der Waals surface area contributed by atoms with E-state index in [0.717, 1.165) is 37.9 Å². The van der Waals surface area contributed by atoms with Crippen molar-refractivity contribution in [3.05, 3.63) is 40.8 Å². The first-order valence-corrected chi connectivity index (χ1v) is 8.55. The summed E-state index contributed by atoms with van der Waals surface area (Å²) in [6.07, 6.45) is 8.82.